The molecule has 0 aromatic carbocycles. The molecule has 3 aliphatic rings. The fourth-order valence-corrected chi connectivity index (χ4v) is 7.06. The van der Waals surface area contributed by atoms with Crippen LogP contribution in [0.25, 0.3) is 0 Å². The molecule has 0 aromatic heterocycles. The summed E-state index contributed by atoms with van der Waals surface area (Å²) in [5.74, 6) is -0.328. The molecule has 0 unspecified atom stereocenters. The highest BCUT2D eigenvalue weighted by Crippen LogP contribution is 2.41. The van der Waals surface area contributed by atoms with Gasteiger partial charge >= 0.3 is 0 Å². The van der Waals surface area contributed by atoms with Gasteiger partial charge in [0.15, 0.2) is 0 Å². The molecule has 34 heavy (non-hydrogen) atoms. The quantitative estimate of drug-likeness (QED) is 0.383. The van der Waals surface area contributed by atoms with Crippen LogP contribution in [0.15, 0.2) is 0 Å². The van der Waals surface area contributed by atoms with Gasteiger partial charge in [-0.15, -0.1) is 0 Å². The molecule has 3 rings (SSSR count). The van der Waals surface area contributed by atoms with Gasteiger partial charge in [0.25, 0.3) is 0 Å². The maximum absolute atomic E-state index is 13.9. The lowest BCUT2D eigenvalue weighted by molar-refractivity contribution is -0.151. The van der Waals surface area contributed by atoms with E-state index >= 15 is 0 Å². The Morgan fingerprint density at radius 2 is 0.853 bits per heavy atom. The second-order valence-electron chi connectivity index (χ2n) is 12.4. The SMILES string of the molecule is CC(C)[C@@H](NC(=O)C1(C(=O)N[C@H](C(C)C)C2(O)CCCCC2)CCCCC1)C1(O)CCCCC1. The third kappa shape index (κ3) is 5.80. The lowest BCUT2D eigenvalue weighted by Crippen LogP contribution is -2.64. The molecule has 0 aromatic rings. The minimum absolute atomic E-state index is 0.0714. The highest BCUT2D eigenvalue weighted by atomic mass is 16.3. The molecule has 3 aliphatic carbocycles. The van der Waals surface area contributed by atoms with E-state index in [0.29, 0.717) is 38.5 Å². The Balaban J connectivity index is 1.83. The summed E-state index contributed by atoms with van der Waals surface area (Å²) in [6.45, 7) is 8.16. The molecular formula is C28H50N2O4. The number of nitrogens with one attached hydrogen (secondary N) is 2. The lowest BCUT2D eigenvalue weighted by atomic mass is 9.70. The Bertz CT molecular complexity index is 635. The average Bonchev–Trinajstić information content (AvgIpc) is 2.81. The number of hydrogen-bond donors (Lipinski definition) is 4. The van der Waals surface area contributed by atoms with Gasteiger partial charge in [-0.05, 0) is 50.4 Å². The van der Waals surface area contributed by atoms with Gasteiger partial charge in [-0.3, -0.25) is 9.59 Å². The van der Waals surface area contributed by atoms with Gasteiger partial charge in [0, 0.05) is 0 Å². The van der Waals surface area contributed by atoms with E-state index < -0.39 is 16.6 Å². The molecule has 0 saturated heterocycles. The van der Waals surface area contributed by atoms with Crippen molar-refractivity contribution in [2.75, 3.05) is 0 Å². The van der Waals surface area contributed by atoms with E-state index in [0.717, 1.165) is 57.8 Å². The van der Waals surface area contributed by atoms with Gasteiger partial charge in [-0.2, -0.15) is 0 Å². The van der Waals surface area contributed by atoms with Crippen LogP contribution in [-0.2, 0) is 9.59 Å². The number of carbonyl (C=O) groups excluding carboxylic acids is 2. The summed E-state index contributed by atoms with van der Waals surface area (Å²) >= 11 is 0. The number of amides is 2. The molecule has 0 radical (unpaired) electrons. The Morgan fingerprint density at radius 1 is 0.559 bits per heavy atom. The van der Waals surface area contributed by atoms with E-state index in [4.69, 9.17) is 0 Å². The number of carbonyl (C=O) groups is 2. The summed E-state index contributed by atoms with van der Waals surface area (Å²) in [5, 5.41) is 29.3. The van der Waals surface area contributed by atoms with Crippen molar-refractivity contribution in [3.05, 3.63) is 0 Å². The molecule has 2 atom stereocenters. The van der Waals surface area contributed by atoms with Crippen molar-refractivity contribution in [3.63, 3.8) is 0 Å². The van der Waals surface area contributed by atoms with E-state index in [2.05, 4.69) is 10.6 Å². The van der Waals surface area contributed by atoms with Crippen molar-refractivity contribution in [3.8, 4) is 0 Å². The summed E-state index contributed by atoms with van der Waals surface area (Å²) < 4.78 is 0. The van der Waals surface area contributed by atoms with Crippen LogP contribution in [0.4, 0.5) is 0 Å². The predicted molar refractivity (Wildman–Crippen MR) is 135 cm³/mol. The van der Waals surface area contributed by atoms with Gasteiger partial charge in [-0.1, -0.05) is 85.5 Å². The first-order valence-electron chi connectivity index (χ1n) is 14.1. The summed E-state index contributed by atoms with van der Waals surface area (Å²) in [7, 11) is 0. The van der Waals surface area contributed by atoms with Crippen molar-refractivity contribution >= 4 is 11.8 Å². The molecular weight excluding hydrogens is 428 g/mol. The second-order valence-corrected chi connectivity index (χ2v) is 12.4. The largest absolute Gasteiger partial charge is 0.388 e. The molecule has 6 nitrogen and oxygen atoms in total. The van der Waals surface area contributed by atoms with E-state index in [1.165, 1.54) is 0 Å². The van der Waals surface area contributed by atoms with Crippen molar-refractivity contribution < 1.29 is 19.8 Å². The zero-order valence-corrected chi connectivity index (χ0v) is 22.1. The second kappa shape index (κ2) is 11.3. The first kappa shape index (κ1) is 27.4. The molecule has 0 heterocycles. The zero-order chi connectivity index (χ0) is 25.0. The fourth-order valence-electron chi connectivity index (χ4n) is 7.06. The highest BCUT2D eigenvalue weighted by Gasteiger charge is 2.51. The minimum atomic E-state index is -1.13. The van der Waals surface area contributed by atoms with Crippen LogP contribution in [0.3, 0.4) is 0 Å². The number of rotatable bonds is 8. The molecule has 4 N–H and O–H groups in total. The van der Waals surface area contributed by atoms with E-state index in [1.54, 1.807) is 0 Å². The van der Waals surface area contributed by atoms with Crippen LogP contribution in [0.1, 0.15) is 124 Å². The van der Waals surface area contributed by atoms with Gasteiger partial charge in [0.05, 0.1) is 23.3 Å². The molecule has 3 saturated carbocycles. The minimum Gasteiger partial charge on any atom is -0.388 e. The van der Waals surface area contributed by atoms with Crippen LogP contribution in [0, 0.1) is 17.3 Å². The summed E-state index contributed by atoms with van der Waals surface area (Å²) in [5.41, 5.74) is -2.95. The van der Waals surface area contributed by atoms with Gasteiger partial charge in [0.1, 0.15) is 5.41 Å². The van der Waals surface area contributed by atoms with Crippen molar-refractivity contribution in [1.29, 1.82) is 0 Å². The smallest absolute Gasteiger partial charge is 0.236 e. The topological polar surface area (TPSA) is 98.7 Å². The van der Waals surface area contributed by atoms with Gasteiger partial charge in [0.2, 0.25) is 11.8 Å². The van der Waals surface area contributed by atoms with Crippen molar-refractivity contribution in [1.82, 2.24) is 10.6 Å². The summed E-state index contributed by atoms with van der Waals surface area (Å²) in [6, 6.07) is -0.731. The third-order valence-corrected chi connectivity index (χ3v) is 9.08. The van der Waals surface area contributed by atoms with Crippen molar-refractivity contribution in [2.24, 2.45) is 17.3 Å². The van der Waals surface area contributed by atoms with Crippen LogP contribution in [-0.4, -0.2) is 45.3 Å². The molecule has 3 fully saturated rings. The third-order valence-electron chi connectivity index (χ3n) is 9.08. The maximum atomic E-state index is 13.9. The molecule has 2 amide bonds. The van der Waals surface area contributed by atoms with E-state index in [9.17, 15) is 19.8 Å². The number of aliphatic hydroxyl groups is 2. The van der Waals surface area contributed by atoms with Crippen LogP contribution >= 0.6 is 0 Å². The average molecular weight is 479 g/mol. The molecule has 6 heteroatoms. The Morgan fingerprint density at radius 3 is 1.15 bits per heavy atom. The monoisotopic (exact) mass is 478 g/mol. The molecule has 0 spiro atoms. The van der Waals surface area contributed by atoms with E-state index in [-0.39, 0.29) is 35.7 Å². The van der Waals surface area contributed by atoms with Crippen LogP contribution in [0.2, 0.25) is 0 Å². The Labute approximate surface area is 207 Å². The fraction of sp³-hybridized carbons (Fsp3) is 0.929. The maximum Gasteiger partial charge on any atom is 0.236 e. The van der Waals surface area contributed by atoms with Gasteiger partial charge in [-0.25, -0.2) is 0 Å². The predicted octanol–water partition coefficient (Wildman–Crippen LogP) is 4.61. The number of hydrogen-bond acceptors (Lipinski definition) is 4. The lowest BCUT2D eigenvalue weighted by Gasteiger charge is -2.46. The summed E-state index contributed by atoms with van der Waals surface area (Å²) in [4.78, 5) is 27.8. The van der Waals surface area contributed by atoms with E-state index in [1.807, 2.05) is 27.7 Å². The normalized spacial score (nSPS) is 26.0. The van der Waals surface area contributed by atoms with Crippen molar-refractivity contribution in [2.45, 2.75) is 147 Å². The standard InChI is InChI=1S/C28H50N2O4/c1-20(2)22(27(33)16-10-6-11-17-27)29-24(31)26(14-8-5-9-15-26)25(32)30-23(21(3)4)28(34)18-12-7-13-19-28/h20-23,33-34H,5-19H2,1-4H3,(H,29,31)(H,30,32)/t22-,23-/m1/s1. The molecule has 0 aliphatic heterocycles. The Kier molecular flexibility index (Phi) is 9.11. The highest BCUT2D eigenvalue weighted by molar-refractivity contribution is 6.05. The van der Waals surface area contributed by atoms with Crippen LogP contribution in [0.5, 0.6) is 0 Å². The first-order valence-corrected chi connectivity index (χ1v) is 14.1. The molecule has 196 valence electrons. The Hall–Kier alpha value is -1.14. The molecule has 0 bridgehead atoms. The van der Waals surface area contributed by atoms with Crippen LogP contribution < -0.4 is 10.6 Å². The van der Waals surface area contributed by atoms with Gasteiger partial charge < -0.3 is 20.8 Å². The zero-order valence-electron chi connectivity index (χ0n) is 22.1. The summed E-state index contributed by atoms with van der Waals surface area (Å²) in [6.07, 6.45) is 12.6. The first-order chi connectivity index (χ1) is 16.0.